The van der Waals surface area contributed by atoms with E-state index in [1.165, 1.54) is 21.0 Å². The average molecular weight is 488 g/mol. The molecule has 0 radical (unpaired) electrons. The number of ether oxygens (including phenoxy) is 6. The van der Waals surface area contributed by atoms with Crippen LogP contribution >= 0.6 is 0 Å². The summed E-state index contributed by atoms with van der Waals surface area (Å²) < 4.78 is 33.9. The van der Waals surface area contributed by atoms with Crippen LogP contribution < -0.4 is 0 Å². The molecule has 2 aromatic carbocycles. The molecule has 188 valence electrons. The molecule has 2 aromatic rings. The van der Waals surface area contributed by atoms with Crippen molar-refractivity contribution in [3.05, 3.63) is 48.0 Å². The third kappa shape index (κ3) is 5.77. The average Bonchev–Trinajstić information content (AvgIpc) is 2.79. The lowest BCUT2D eigenvalue weighted by atomic mass is 9.86. The topological polar surface area (TPSA) is 124 Å². The van der Waals surface area contributed by atoms with Gasteiger partial charge in [0.1, 0.15) is 12.7 Å². The lowest BCUT2D eigenvalue weighted by Gasteiger charge is -2.50. The minimum atomic E-state index is -1.81. The summed E-state index contributed by atoms with van der Waals surface area (Å²) in [6.07, 6.45) is -5.14. The molecule has 0 spiro atoms. The number of esters is 4. The maximum Gasteiger partial charge on any atom is 0.303 e. The minimum absolute atomic E-state index is 0.351. The van der Waals surface area contributed by atoms with Gasteiger partial charge in [0.15, 0.2) is 12.2 Å². The molecule has 0 saturated carbocycles. The van der Waals surface area contributed by atoms with Crippen LogP contribution in [0.5, 0.6) is 0 Å². The van der Waals surface area contributed by atoms with Crippen molar-refractivity contribution in [1.29, 1.82) is 0 Å². The van der Waals surface area contributed by atoms with Gasteiger partial charge in [0, 0.05) is 40.4 Å². The summed E-state index contributed by atoms with van der Waals surface area (Å²) in [5.74, 6) is -4.55. The van der Waals surface area contributed by atoms with Crippen molar-refractivity contribution in [3.63, 3.8) is 0 Å². The zero-order valence-corrected chi connectivity index (χ0v) is 20.1. The van der Waals surface area contributed by atoms with Gasteiger partial charge < -0.3 is 28.4 Å². The van der Waals surface area contributed by atoms with Gasteiger partial charge in [-0.2, -0.15) is 0 Å². The van der Waals surface area contributed by atoms with Gasteiger partial charge in [-0.15, -0.1) is 0 Å². The number of rotatable bonds is 7. The normalized spacial score (nSPS) is 26.0. The summed E-state index contributed by atoms with van der Waals surface area (Å²) in [6.45, 7) is 4.36. The van der Waals surface area contributed by atoms with Crippen LogP contribution in [-0.2, 0) is 53.4 Å². The van der Waals surface area contributed by atoms with E-state index in [1.54, 1.807) is 12.1 Å². The third-order valence-electron chi connectivity index (χ3n) is 5.49. The number of hydrogen-bond acceptors (Lipinski definition) is 10. The summed E-state index contributed by atoms with van der Waals surface area (Å²) >= 11 is 0. The summed E-state index contributed by atoms with van der Waals surface area (Å²) in [5, 5.41) is 1.78. The van der Waals surface area contributed by atoms with E-state index >= 15 is 0 Å². The van der Waals surface area contributed by atoms with E-state index in [9.17, 15) is 19.2 Å². The molecule has 3 rings (SSSR count). The van der Waals surface area contributed by atoms with Crippen molar-refractivity contribution in [1.82, 2.24) is 0 Å². The lowest BCUT2D eigenvalue weighted by Crippen LogP contribution is -2.67. The fourth-order valence-corrected chi connectivity index (χ4v) is 4.19. The van der Waals surface area contributed by atoms with E-state index in [-0.39, 0.29) is 6.61 Å². The molecule has 1 heterocycles. The maximum absolute atomic E-state index is 12.2. The fraction of sp³-hybridized carbons (Fsp3) is 0.440. The molecular formula is C25H28O10. The van der Waals surface area contributed by atoms with E-state index in [0.29, 0.717) is 5.56 Å². The van der Waals surface area contributed by atoms with Gasteiger partial charge in [0.2, 0.25) is 11.9 Å². The Labute approximate surface area is 202 Å². The van der Waals surface area contributed by atoms with Crippen molar-refractivity contribution in [3.8, 4) is 0 Å². The van der Waals surface area contributed by atoms with Gasteiger partial charge in [-0.3, -0.25) is 19.2 Å². The molecule has 0 amide bonds. The molecule has 1 aliphatic heterocycles. The molecule has 10 heteroatoms. The Kier molecular flexibility index (Phi) is 8.08. The largest absolute Gasteiger partial charge is 0.463 e. The standard InChI is InChI=1S/C25H28O10/c1-14(26)31-13-21-22(32-15(2)27)23(33-16(3)28)24(34-17(4)29)25(30-5,35-21)20-11-10-18-8-6-7-9-19(18)12-20/h6-12,21-24H,13H2,1-5H3/t21-,22-,23+,24-,25+/m1/s1. The molecule has 1 saturated heterocycles. The highest BCUT2D eigenvalue weighted by molar-refractivity contribution is 5.83. The highest BCUT2D eigenvalue weighted by atomic mass is 16.7. The van der Waals surface area contributed by atoms with E-state index in [0.717, 1.165) is 24.6 Å². The molecule has 0 unspecified atom stereocenters. The van der Waals surface area contributed by atoms with Gasteiger partial charge >= 0.3 is 23.9 Å². The Morgan fingerprint density at radius 2 is 1.40 bits per heavy atom. The van der Waals surface area contributed by atoms with E-state index < -0.39 is 54.1 Å². The van der Waals surface area contributed by atoms with E-state index in [2.05, 4.69) is 0 Å². The van der Waals surface area contributed by atoms with Crippen molar-refractivity contribution in [2.45, 2.75) is 57.9 Å². The molecule has 0 bridgehead atoms. The van der Waals surface area contributed by atoms with Crippen LogP contribution in [0.25, 0.3) is 10.8 Å². The van der Waals surface area contributed by atoms with Crippen molar-refractivity contribution < 1.29 is 47.6 Å². The Bertz CT molecular complexity index is 1110. The predicted molar refractivity (Wildman–Crippen MR) is 121 cm³/mol. The minimum Gasteiger partial charge on any atom is -0.463 e. The molecule has 0 N–H and O–H groups in total. The number of hydrogen-bond donors (Lipinski definition) is 0. The fourth-order valence-electron chi connectivity index (χ4n) is 4.19. The van der Waals surface area contributed by atoms with Gasteiger partial charge in [-0.25, -0.2) is 0 Å². The Morgan fingerprint density at radius 1 is 0.800 bits per heavy atom. The second-order valence-corrected chi connectivity index (χ2v) is 8.07. The Morgan fingerprint density at radius 3 is 1.97 bits per heavy atom. The van der Waals surface area contributed by atoms with Crippen molar-refractivity contribution >= 4 is 34.6 Å². The number of carbonyl (C=O) groups excluding carboxylic acids is 4. The van der Waals surface area contributed by atoms with Gasteiger partial charge in [0.05, 0.1) is 0 Å². The van der Waals surface area contributed by atoms with Crippen molar-refractivity contribution in [2.75, 3.05) is 13.7 Å². The quantitative estimate of drug-likeness (QED) is 0.424. The SMILES string of the molecule is CO[C@@]1(c2ccc3ccccc3c2)O[C@H](COC(C)=O)[C@@H](OC(C)=O)[C@H](OC(C)=O)[C@H]1OC(C)=O. The van der Waals surface area contributed by atoms with Crippen LogP contribution in [0, 0.1) is 0 Å². The second kappa shape index (κ2) is 10.8. The molecular weight excluding hydrogens is 460 g/mol. The third-order valence-corrected chi connectivity index (χ3v) is 5.49. The molecule has 1 fully saturated rings. The van der Waals surface area contributed by atoms with E-state index in [1.807, 2.05) is 30.3 Å². The smallest absolute Gasteiger partial charge is 0.303 e. The number of carbonyl (C=O) groups is 4. The lowest BCUT2D eigenvalue weighted by molar-refractivity contribution is -0.367. The highest BCUT2D eigenvalue weighted by Crippen LogP contribution is 2.44. The monoisotopic (exact) mass is 488 g/mol. The highest BCUT2D eigenvalue weighted by Gasteiger charge is 2.61. The number of fused-ring (bicyclic) bond motifs is 1. The van der Waals surface area contributed by atoms with Gasteiger partial charge in [0.25, 0.3) is 0 Å². The first-order chi connectivity index (χ1) is 16.6. The summed E-state index contributed by atoms with van der Waals surface area (Å²) in [5.41, 5.74) is 0.441. The van der Waals surface area contributed by atoms with E-state index in [4.69, 9.17) is 28.4 Å². The first kappa shape index (κ1) is 26.1. The number of benzene rings is 2. The zero-order chi connectivity index (χ0) is 25.8. The van der Waals surface area contributed by atoms with Crippen LogP contribution in [0.4, 0.5) is 0 Å². The summed E-state index contributed by atoms with van der Waals surface area (Å²) in [4.78, 5) is 47.8. The van der Waals surface area contributed by atoms with Crippen LogP contribution in [-0.4, -0.2) is 62.0 Å². The molecule has 10 nitrogen and oxygen atoms in total. The molecule has 0 aromatic heterocycles. The Hall–Kier alpha value is -3.50. The zero-order valence-electron chi connectivity index (χ0n) is 20.1. The Balaban J connectivity index is 2.22. The summed E-state index contributed by atoms with van der Waals surface area (Å²) in [7, 11) is 1.34. The van der Waals surface area contributed by atoms with Crippen LogP contribution in [0.15, 0.2) is 42.5 Å². The molecule has 5 atom stereocenters. The predicted octanol–water partition coefficient (Wildman–Crippen LogP) is 2.40. The van der Waals surface area contributed by atoms with Crippen LogP contribution in [0.2, 0.25) is 0 Å². The van der Waals surface area contributed by atoms with Crippen molar-refractivity contribution in [2.24, 2.45) is 0 Å². The van der Waals surface area contributed by atoms with Gasteiger partial charge in [-0.1, -0.05) is 36.4 Å². The molecule has 0 aliphatic carbocycles. The first-order valence-electron chi connectivity index (χ1n) is 10.9. The second-order valence-electron chi connectivity index (χ2n) is 8.07. The number of methoxy groups -OCH3 is 1. The summed E-state index contributed by atoms with van der Waals surface area (Å²) in [6, 6.07) is 12.9. The van der Waals surface area contributed by atoms with Gasteiger partial charge in [-0.05, 0) is 16.8 Å². The molecule has 1 aliphatic rings. The van der Waals surface area contributed by atoms with Crippen LogP contribution in [0.1, 0.15) is 33.3 Å². The first-order valence-corrected chi connectivity index (χ1v) is 10.9. The van der Waals surface area contributed by atoms with Crippen LogP contribution in [0.3, 0.4) is 0 Å². The maximum atomic E-state index is 12.2. The molecule has 35 heavy (non-hydrogen) atoms.